The van der Waals surface area contributed by atoms with Crippen LogP contribution < -0.4 is 16.0 Å². The summed E-state index contributed by atoms with van der Waals surface area (Å²) < 4.78 is 0. The van der Waals surface area contributed by atoms with E-state index < -0.39 is 29.7 Å². The van der Waals surface area contributed by atoms with Crippen LogP contribution in [0.4, 0.5) is 0 Å². The van der Waals surface area contributed by atoms with Crippen LogP contribution in [-0.2, 0) is 25.6 Å². The third-order valence-corrected chi connectivity index (χ3v) is 3.96. The molecule has 0 aromatic carbocycles. The van der Waals surface area contributed by atoms with Crippen molar-refractivity contribution in [1.29, 1.82) is 0 Å². The van der Waals surface area contributed by atoms with Crippen molar-refractivity contribution in [3.8, 4) is 0 Å². The molecule has 1 aliphatic heterocycles. The number of piperidine rings is 1. The Kier molecular flexibility index (Phi) is 6.21. The first-order valence-corrected chi connectivity index (χ1v) is 8.19. The number of Topliss-reactive ketones (excluding diaryl/α,β-unsaturated/α-hetero) is 1. The van der Waals surface area contributed by atoms with Gasteiger partial charge in [-0.15, -0.1) is 0 Å². The number of carbonyl (C=O) groups is 4. The molecule has 0 aliphatic carbocycles. The molecule has 2 heterocycles. The van der Waals surface area contributed by atoms with E-state index in [1.165, 1.54) is 0 Å². The third kappa shape index (κ3) is 5.10. The molecular weight excluding hydrogens is 324 g/mol. The van der Waals surface area contributed by atoms with Crippen molar-refractivity contribution in [3.05, 3.63) is 30.1 Å². The first-order chi connectivity index (χ1) is 11.9. The van der Waals surface area contributed by atoms with Crippen LogP contribution in [0.15, 0.2) is 24.5 Å². The van der Waals surface area contributed by atoms with Crippen LogP contribution in [-0.4, -0.2) is 47.1 Å². The average molecular weight is 346 g/mol. The van der Waals surface area contributed by atoms with Gasteiger partial charge in [0.1, 0.15) is 6.04 Å². The molecule has 8 heteroatoms. The number of aromatic nitrogens is 1. The summed E-state index contributed by atoms with van der Waals surface area (Å²) >= 11 is 0. The Bertz CT molecular complexity index is 660. The van der Waals surface area contributed by atoms with E-state index in [9.17, 15) is 19.2 Å². The van der Waals surface area contributed by atoms with E-state index in [1.807, 2.05) is 0 Å². The molecule has 8 nitrogen and oxygen atoms in total. The van der Waals surface area contributed by atoms with Crippen LogP contribution in [0.2, 0.25) is 0 Å². The molecule has 0 saturated carbocycles. The third-order valence-electron chi connectivity index (χ3n) is 3.96. The zero-order valence-corrected chi connectivity index (χ0v) is 14.2. The first kappa shape index (κ1) is 18.6. The van der Waals surface area contributed by atoms with Gasteiger partial charge in [-0.25, -0.2) is 0 Å². The highest BCUT2D eigenvalue weighted by Gasteiger charge is 2.33. The van der Waals surface area contributed by atoms with Gasteiger partial charge in [-0.05, 0) is 30.0 Å². The van der Waals surface area contributed by atoms with Gasteiger partial charge in [-0.3, -0.25) is 24.2 Å². The fraction of sp³-hybridized carbons (Fsp3) is 0.471. The molecule has 1 aromatic heterocycles. The van der Waals surface area contributed by atoms with Crippen LogP contribution in [0.1, 0.15) is 25.8 Å². The topological polar surface area (TPSA) is 117 Å². The second-order valence-electron chi connectivity index (χ2n) is 6.29. The Hall–Kier alpha value is -2.77. The number of pyridine rings is 1. The summed E-state index contributed by atoms with van der Waals surface area (Å²) in [5, 5.41) is 7.70. The predicted octanol–water partition coefficient (Wildman–Crippen LogP) is -0.661. The Balaban J connectivity index is 1.97. The summed E-state index contributed by atoms with van der Waals surface area (Å²) in [7, 11) is 0. The molecule has 2 rings (SSSR count). The van der Waals surface area contributed by atoms with Gasteiger partial charge in [0.25, 0.3) is 5.91 Å². The Morgan fingerprint density at radius 2 is 1.96 bits per heavy atom. The van der Waals surface area contributed by atoms with Crippen LogP contribution >= 0.6 is 0 Å². The van der Waals surface area contributed by atoms with Gasteiger partial charge >= 0.3 is 0 Å². The van der Waals surface area contributed by atoms with Gasteiger partial charge in [0.05, 0.1) is 12.5 Å². The molecule has 2 atom stereocenters. The van der Waals surface area contributed by atoms with Crippen molar-refractivity contribution in [2.75, 3.05) is 6.54 Å². The van der Waals surface area contributed by atoms with E-state index >= 15 is 0 Å². The Labute approximate surface area is 145 Å². The molecule has 0 radical (unpaired) electrons. The second kappa shape index (κ2) is 8.36. The predicted molar refractivity (Wildman–Crippen MR) is 89.3 cm³/mol. The average Bonchev–Trinajstić information content (AvgIpc) is 2.57. The van der Waals surface area contributed by atoms with Gasteiger partial charge in [0.15, 0.2) is 0 Å². The number of hydrogen-bond donors (Lipinski definition) is 3. The molecule has 3 N–H and O–H groups in total. The van der Waals surface area contributed by atoms with Gasteiger partial charge in [0.2, 0.25) is 17.6 Å². The van der Waals surface area contributed by atoms with Crippen LogP contribution in [0.3, 0.4) is 0 Å². The van der Waals surface area contributed by atoms with E-state index in [0.29, 0.717) is 13.0 Å². The van der Waals surface area contributed by atoms with E-state index in [1.54, 1.807) is 38.4 Å². The Morgan fingerprint density at radius 1 is 1.28 bits per heavy atom. The molecule has 1 fully saturated rings. The minimum absolute atomic E-state index is 0.129. The van der Waals surface area contributed by atoms with Crippen LogP contribution in [0.5, 0.6) is 0 Å². The van der Waals surface area contributed by atoms with E-state index in [4.69, 9.17) is 0 Å². The van der Waals surface area contributed by atoms with E-state index in [-0.39, 0.29) is 18.2 Å². The highest BCUT2D eigenvalue weighted by atomic mass is 16.2. The van der Waals surface area contributed by atoms with Crippen molar-refractivity contribution in [2.45, 2.75) is 38.8 Å². The van der Waals surface area contributed by atoms with Crippen molar-refractivity contribution in [3.63, 3.8) is 0 Å². The number of nitrogens with one attached hydrogen (secondary N) is 3. The van der Waals surface area contributed by atoms with Gasteiger partial charge < -0.3 is 16.0 Å². The lowest BCUT2D eigenvalue weighted by Gasteiger charge is -2.26. The minimum Gasteiger partial charge on any atom is -0.349 e. The SMILES string of the molecule is CC(C)C(NC(=O)Cc1ccncc1)C(=O)NC1CCNC(=O)C1=O. The molecule has 0 spiro atoms. The summed E-state index contributed by atoms with van der Waals surface area (Å²) in [4.78, 5) is 51.7. The lowest BCUT2D eigenvalue weighted by molar-refractivity contribution is -0.142. The number of rotatable bonds is 6. The highest BCUT2D eigenvalue weighted by Crippen LogP contribution is 2.07. The van der Waals surface area contributed by atoms with Crippen molar-refractivity contribution in [1.82, 2.24) is 20.9 Å². The monoisotopic (exact) mass is 346 g/mol. The lowest BCUT2D eigenvalue weighted by Crippen LogP contribution is -2.58. The van der Waals surface area contributed by atoms with Gasteiger partial charge in [0, 0.05) is 18.9 Å². The smallest absolute Gasteiger partial charge is 0.289 e. The second-order valence-corrected chi connectivity index (χ2v) is 6.29. The standard InChI is InChI=1S/C17H22N4O4/c1-10(2)14(21-13(22)9-11-3-6-18-7-4-11)16(24)20-12-5-8-19-17(25)15(12)23/h3-4,6-7,10,12,14H,5,8-9H2,1-2H3,(H,19,25)(H,20,24)(H,21,22). The molecular formula is C17H22N4O4. The molecule has 1 aromatic rings. The van der Waals surface area contributed by atoms with E-state index in [2.05, 4.69) is 20.9 Å². The quantitative estimate of drug-likeness (QED) is 0.591. The zero-order valence-electron chi connectivity index (χ0n) is 14.2. The highest BCUT2D eigenvalue weighted by molar-refractivity contribution is 6.39. The van der Waals surface area contributed by atoms with Crippen molar-refractivity contribution >= 4 is 23.5 Å². The number of amides is 3. The maximum absolute atomic E-state index is 12.5. The molecule has 134 valence electrons. The lowest BCUT2D eigenvalue weighted by atomic mass is 10.00. The van der Waals surface area contributed by atoms with Crippen molar-refractivity contribution in [2.24, 2.45) is 5.92 Å². The first-order valence-electron chi connectivity index (χ1n) is 8.19. The summed E-state index contributed by atoms with van der Waals surface area (Å²) in [5.41, 5.74) is 0.787. The normalized spacial score (nSPS) is 18.4. The van der Waals surface area contributed by atoms with Crippen LogP contribution in [0, 0.1) is 5.92 Å². The fourth-order valence-corrected chi connectivity index (χ4v) is 2.55. The molecule has 3 amide bonds. The number of carbonyl (C=O) groups excluding carboxylic acids is 4. The maximum Gasteiger partial charge on any atom is 0.289 e. The van der Waals surface area contributed by atoms with Gasteiger partial charge in [-0.2, -0.15) is 0 Å². The molecule has 1 saturated heterocycles. The van der Waals surface area contributed by atoms with Gasteiger partial charge in [-0.1, -0.05) is 13.8 Å². The van der Waals surface area contributed by atoms with Crippen LogP contribution in [0.25, 0.3) is 0 Å². The zero-order chi connectivity index (χ0) is 18.4. The number of ketones is 1. The summed E-state index contributed by atoms with van der Waals surface area (Å²) in [5.74, 6) is -2.29. The van der Waals surface area contributed by atoms with E-state index in [0.717, 1.165) is 5.56 Å². The summed E-state index contributed by atoms with van der Waals surface area (Å²) in [6.45, 7) is 3.93. The Morgan fingerprint density at radius 3 is 2.60 bits per heavy atom. The molecule has 0 bridgehead atoms. The number of hydrogen-bond acceptors (Lipinski definition) is 5. The molecule has 1 aliphatic rings. The molecule has 2 unspecified atom stereocenters. The summed E-state index contributed by atoms with van der Waals surface area (Å²) in [6.07, 6.45) is 3.65. The number of nitrogens with zero attached hydrogens (tertiary/aromatic N) is 1. The molecule has 25 heavy (non-hydrogen) atoms. The fourth-order valence-electron chi connectivity index (χ4n) is 2.55. The summed E-state index contributed by atoms with van der Waals surface area (Å²) in [6, 6.07) is 1.82. The maximum atomic E-state index is 12.5. The minimum atomic E-state index is -0.848. The largest absolute Gasteiger partial charge is 0.349 e. The van der Waals surface area contributed by atoms with Crippen molar-refractivity contribution < 1.29 is 19.2 Å².